The second kappa shape index (κ2) is 18.8. The maximum Gasteiger partial charge on any atom is 0.0541 e. The van der Waals surface area contributed by atoms with Gasteiger partial charge in [0, 0.05) is 26.3 Å². The predicted octanol–water partition coefficient (Wildman–Crippen LogP) is 21.2. The monoisotopic (exact) mass is 1020 g/mol. The summed E-state index contributed by atoms with van der Waals surface area (Å²) >= 11 is 0. The third-order valence-electron chi connectivity index (χ3n) is 17.2. The van der Waals surface area contributed by atoms with Crippen LogP contribution < -0.4 is 0 Å². The number of hydrogen-bond donors (Lipinski definition) is 0. The van der Waals surface area contributed by atoms with E-state index in [1.54, 1.807) is 0 Å². The molecule has 78 heavy (non-hydrogen) atoms. The van der Waals surface area contributed by atoms with Crippen LogP contribution in [0.2, 0.25) is 0 Å². The van der Waals surface area contributed by atoms with Crippen LogP contribution in [-0.4, -0.2) is 17.1 Å². The predicted molar refractivity (Wildman–Crippen MR) is 337 cm³/mol. The van der Waals surface area contributed by atoms with Crippen LogP contribution in [0.5, 0.6) is 0 Å². The van der Waals surface area contributed by atoms with Gasteiger partial charge < -0.3 is 4.57 Å². The van der Waals surface area contributed by atoms with Gasteiger partial charge in [-0.3, -0.25) is 0 Å². The molecule has 1 nitrogen and oxygen atoms in total. The molecular formula is C76H59NS. The van der Waals surface area contributed by atoms with Crippen molar-refractivity contribution in [1.29, 1.82) is 0 Å². The van der Waals surface area contributed by atoms with Crippen molar-refractivity contribution in [2.45, 2.75) is 48.3 Å². The number of aryl methyl sites for hydroxylation is 1. The molecule has 4 aliphatic rings. The SMILES string of the molecule is CS1(C)c2cc(-c3cc4c(c5ccccc35)CCC=C4)ccc2-c2ccc(-n3c4ccc(-c5ccc(-c6ccc(C7=CCCC=C7)cc6)cc5)cc4c4cc(-c5ccc(-c6ccc(C7=CCCC=C7)cc6)cc5)ccc43)cc21. The first-order valence-corrected chi connectivity index (χ1v) is 30.3. The third kappa shape index (κ3) is 7.92. The summed E-state index contributed by atoms with van der Waals surface area (Å²) in [5.74, 6) is 0. The summed E-state index contributed by atoms with van der Waals surface area (Å²) in [6.07, 6.45) is 30.1. The third-order valence-corrected chi connectivity index (χ3v) is 20.1. The van der Waals surface area contributed by atoms with E-state index in [2.05, 4.69) is 266 Å². The number of aromatic nitrogens is 1. The lowest BCUT2D eigenvalue weighted by atomic mass is 9.87. The fraction of sp³-hybridized carbons (Fsp3) is 0.105. The molecule has 374 valence electrons. The molecule has 0 amide bonds. The Morgan fingerprint density at radius 3 is 1.31 bits per heavy atom. The van der Waals surface area contributed by atoms with Crippen molar-refractivity contribution in [3.05, 3.63) is 265 Å². The molecule has 0 radical (unpaired) electrons. The number of allylic oxidation sites excluding steroid dienone is 9. The summed E-state index contributed by atoms with van der Waals surface area (Å²) in [7, 11) is -1.37. The summed E-state index contributed by atoms with van der Waals surface area (Å²) in [5, 5.41) is 5.24. The molecule has 0 N–H and O–H groups in total. The number of benzene rings is 10. The molecule has 1 aromatic heterocycles. The van der Waals surface area contributed by atoms with E-state index in [0.29, 0.717) is 0 Å². The largest absolute Gasteiger partial charge is 0.309 e. The van der Waals surface area contributed by atoms with Gasteiger partial charge in [-0.15, -0.1) is 0 Å². The summed E-state index contributed by atoms with van der Waals surface area (Å²) in [6, 6.07) is 76.7. The van der Waals surface area contributed by atoms with E-state index in [0.717, 1.165) is 38.5 Å². The molecule has 15 rings (SSSR count). The highest BCUT2D eigenvalue weighted by atomic mass is 32.3. The highest BCUT2D eigenvalue weighted by molar-refractivity contribution is 8.33. The Hall–Kier alpha value is -8.69. The Morgan fingerprint density at radius 1 is 0.333 bits per heavy atom. The zero-order valence-electron chi connectivity index (χ0n) is 44.3. The first-order chi connectivity index (χ1) is 38.4. The van der Waals surface area contributed by atoms with E-state index in [9.17, 15) is 0 Å². The molecule has 10 aromatic carbocycles. The quantitative estimate of drug-likeness (QED) is 0.143. The van der Waals surface area contributed by atoms with E-state index >= 15 is 0 Å². The topological polar surface area (TPSA) is 4.93 Å². The minimum absolute atomic E-state index is 1.10. The molecule has 1 aliphatic heterocycles. The van der Waals surface area contributed by atoms with Gasteiger partial charge in [-0.2, -0.15) is 10.0 Å². The van der Waals surface area contributed by atoms with Gasteiger partial charge in [-0.25, -0.2) is 0 Å². The molecule has 0 unspecified atom stereocenters. The molecule has 11 aromatic rings. The number of rotatable bonds is 8. The standard InChI is InChI=1S/C76H59NS/c1-78(2)75-48-63(70-47-62-17-9-10-18-65(62)66-19-11-12-20-67(66)70)37-41-68(75)69-42-40-64(49-76(69)78)77-73-43-38-60(58-33-29-56(30-34-58)54-25-21-52(22-26-54)50-13-5-3-6-14-50)45-71(73)72-46-61(39-44-74(72)77)59-35-31-57(32-36-59)55-27-23-53(24-28-55)51-15-7-4-8-16-51/h5,7,9,11-17,19-49H,3-4,6,8,10,18H2,1-2H3. The zero-order chi connectivity index (χ0) is 51.9. The summed E-state index contributed by atoms with van der Waals surface area (Å²) in [5.41, 5.74) is 26.8. The number of hydrogen-bond acceptors (Lipinski definition) is 0. The van der Waals surface area contributed by atoms with Crippen molar-refractivity contribution >= 4 is 59.8 Å². The molecule has 3 aliphatic carbocycles. The van der Waals surface area contributed by atoms with Gasteiger partial charge in [0.2, 0.25) is 0 Å². The zero-order valence-corrected chi connectivity index (χ0v) is 45.1. The molecule has 0 bridgehead atoms. The van der Waals surface area contributed by atoms with Gasteiger partial charge >= 0.3 is 0 Å². The van der Waals surface area contributed by atoms with Crippen molar-refractivity contribution in [1.82, 2.24) is 4.57 Å². The minimum atomic E-state index is -1.37. The maximum atomic E-state index is 2.53. The van der Waals surface area contributed by atoms with Crippen molar-refractivity contribution < 1.29 is 0 Å². The molecule has 2 heterocycles. The summed E-state index contributed by atoms with van der Waals surface area (Å²) < 4.78 is 2.52. The maximum absolute atomic E-state index is 2.53. The second-order valence-corrected chi connectivity index (χ2v) is 25.6. The van der Waals surface area contributed by atoms with Crippen LogP contribution in [0.4, 0.5) is 0 Å². The number of nitrogens with zero attached hydrogens (tertiary/aromatic N) is 1. The van der Waals surface area contributed by atoms with Gasteiger partial charge in [0.15, 0.2) is 0 Å². The Morgan fingerprint density at radius 2 is 0.782 bits per heavy atom. The molecule has 0 atom stereocenters. The Kier molecular flexibility index (Phi) is 11.2. The molecular weight excluding hydrogens is 959 g/mol. The number of fused-ring (bicyclic) bond motifs is 9. The smallest absolute Gasteiger partial charge is 0.0541 e. The average Bonchev–Trinajstić information content (AvgIpc) is 4.20. The van der Waals surface area contributed by atoms with Gasteiger partial charge in [-0.1, -0.05) is 200 Å². The lowest BCUT2D eigenvalue weighted by Crippen LogP contribution is -1.98. The Bertz CT molecular complexity index is 4220. The van der Waals surface area contributed by atoms with Crippen LogP contribution in [0.15, 0.2) is 253 Å². The van der Waals surface area contributed by atoms with Crippen LogP contribution in [0.25, 0.3) is 122 Å². The average molecular weight is 1020 g/mol. The lowest BCUT2D eigenvalue weighted by molar-refractivity contribution is 0.997. The van der Waals surface area contributed by atoms with Crippen molar-refractivity contribution in [3.63, 3.8) is 0 Å². The van der Waals surface area contributed by atoms with E-state index in [1.807, 2.05) is 0 Å². The van der Waals surface area contributed by atoms with E-state index in [-0.39, 0.29) is 0 Å². The second-order valence-electron chi connectivity index (χ2n) is 22.1. The fourth-order valence-electron chi connectivity index (χ4n) is 13.0. The van der Waals surface area contributed by atoms with Gasteiger partial charge in [0.25, 0.3) is 0 Å². The van der Waals surface area contributed by atoms with Crippen LogP contribution in [0, 0.1) is 0 Å². The first kappa shape index (κ1) is 46.6. The van der Waals surface area contributed by atoms with E-state index < -0.39 is 10.0 Å². The molecule has 2 heteroatoms. The van der Waals surface area contributed by atoms with Gasteiger partial charge in [0.05, 0.1) is 11.0 Å². The van der Waals surface area contributed by atoms with Crippen molar-refractivity contribution in [3.8, 4) is 72.4 Å². The van der Waals surface area contributed by atoms with E-state index in [1.165, 1.54) is 148 Å². The van der Waals surface area contributed by atoms with Crippen molar-refractivity contribution in [2.75, 3.05) is 12.5 Å². The lowest BCUT2D eigenvalue weighted by Gasteiger charge is -2.29. The normalized spacial score (nSPS) is 15.5. The molecule has 0 saturated heterocycles. The highest BCUT2D eigenvalue weighted by Crippen LogP contribution is 2.68. The first-order valence-electron chi connectivity index (χ1n) is 27.9. The minimum Gasteiger partial charge on any atom is -0.309 e. The van der Waals surface area contributed by atoms with Crippen LogP contribution >= 0.6 is 10.0 Å². The molecule has 0 fully saturated rings. The van der Waals surface area contributed by atoms with E-state index in [4.69, 9.17) is 0 Å². The van der Waals surface area contributed by atoms with Crippen LogP contribution in [0.1, 0.15) is 54.4 Å². The van der Waals surface area contributed by atoms with Gasteiger partial charge in [-0.05, 0) is 211 Å². The summed E-state index contributed by atoms with van der Waals surface area (Å²) in [4.78, 5) is 2.92. The fourth-order valence-corrected chi connectivity index (χ4v) is 15.6. The summed E-state index contributed by atoms with van der Waals surface area (Å²) in [6.45, 7) is 0. The molecule has 0 saturated carbocycles. The van der Waals surface area contributed by atoms with Crippen molar-refractivity contribution in [2.24, 2.45) is 0 Å². The highest BCUT2D eigenvalue weighted by Gasteiger charge is 2.33. The Labute approximate surface area is 459 Å². The molecule has 0 spiro atoms. The van der Waals surface area contributed by atoms with Crippen LogP contribution in [0.3, 0.4) is 0 Å². The Balaban J connectivity index is 0.806. The van der Waals surface area contributed by atoms with Crippen LogP contribution in [-0.2, 0) is 6.42 Å². The van der Waals surface area contributed by atoms with Gasteiger partial charge in [0.1, 0.15) is 0 Å².